The summed E-state index contributed by atoms with van der Waals surface area (Å²) in [5.41, 5.74) is 4.74. The fraction of sp³-hybridized carbons (Fsp3) is 0.158. The summed E-state index contributed by atoms with van der Waals surface area (Å²) in [7, 11) is 0. The van der Waals surface area contributed by atoms with Gasteiger partial charge in [0.1, 0.15) is 0 Å². The number of rotatable bonds is 4. The quantitative estimate of drug-likeness (QED) is 0.571. The third-order valence-corrected chi connectivity index (χ3v) is 4.06. The van der Waals surface area contributed by atoms with Gasteiger partial charge in [-0.25, -0.2) is 4.68 Å². The van der Waals surface area contributed by atoms with E-state index in [9.17, 15) is 0 Å². The normalized spacial score (nSPS) is 11.0. The Hall–Kier alpha value is -3.28. The fourth-order valence-electron chi connectivity index (χ4n) is 2.69. The molecule has 0 saturated heterocycles. The van der Waals surface area contributed by atoms with Crippen LogP contribution in [0.3, 0.4) is 0 Å². The predicted octanol–water partition coefficient (Wildman–Crippen LogP) is 3.66. The molecule has 0 spiro atoms. The van der Waals surface area contributed by atoms with Crippen molar-refractivity contribution >= 4 is 0 Å². The largest absolute Gasteiger partial charge is 0.334 e. The van der Waals surface area contributed by atoms with E-state index in [2.05, 4.69) is 32.6 Å². The lowest BCUT2D eigenvalue weighted by molar-refractivity contribution is 0.432. The van der Waals surface area contributed by atoms with Crippen LogP contribution in [0.15, 0.2) is 59.1 Å². The van der Waals surface area contributed by atoms with Crippen LogP contribution in [0.4, 0.5) is 0 Å². The lowest BCUT2D eigenvalue weighted by atomic mass is 10.1. The van der Waals surface area contributed by atoms with Crippen molar-refractivity contribution in [3.8, 4) is 23.0 Å². The monoisotopic (exact) mass is 331 g/mol. The second-order valence-electron chi connectivity index (χ2n) is 5.96. The Kier molecular flexibility index (Phi) is 3.85. The van der Waals surface area contributed by atoms with Crippen molar-refractivity contribution in [2.75, 3.05) is 0 Å². The Labute approximate surface area is 145 Å². The van der Waals surface area contributed by atoms with Crippen LogP contribution >= 0.6 is 0 Å². The van der Waals surface area contributed by atoms with E-state index in [1.165, 1.54) is 0 Å². The van der Waals surface area contributed by atoms with E-state index in [0.717, 1.165) is 22.4 Å². The summed E-state index contributed by atoms with van der Waals surface area (Å²) >= 11 is 0. The summed E-state index contributed by atoms with van der Waals surface area (Å²) in [6.07, 6.45) is 0. The summed E-state index contributed by atoms with van der Waals surface area (Å²) in [6.45, 7) is 4.64. The Balaban J connectivity index is 1.63. The van der Waals surface area contributed by atoms with E-state index in [1.54, 1.807) is 0 Å². The lowest BCUT2D eigenvalue weighted by Crippen LogP contribution is -2.03. The van der Waals surface area contributed by atoms with Crippen molar-refractivity contribution in [1.82, 2.24) is 25.1 Å². The summed E-state index contributed by atoms with van der Waals surface area (Å²) in [6, 6.07) is 18.1. The number of nitrogens with zero attached hydrogens (tertiary/aromatic N) is 5. The molecule has 0 N–H and O–H groups in total. The highest BCUT2D eigenvalue weighted by Crippen LogP contribution is 2.23. The first-order valence-electron chi connectivity index (χ1n) is 8.06. The van der Waals surface area contributed by atoms with Crippen molar-refractivity contribution in [3.05, 3.63) is 71.4 Å². The first-order chi connectivity index (χ1) is 12.2. The van der Waals surface area contributed by atoms with Gasteiger partial charge >= 0.3 is 0 Å². The molecule has 0 amide bonds. The standard InChI is InChI=1S/C19H17N5O/c1-13-7-6-10-16(11-13)19-20-18(22-25-19)17-14(2)24(23-21-17)12-15-8-4-3-5-9-15/h3-11H,12H2,1-2H3. The lowest BCUT2D eigenvalue weighted by Gasteiger charge is -2.02. The average Bonchev–Trinajstić information content (AvgIpc) is 3.24. The molecule has 4 rings (SSSR count). The highest BCUT2D eigenvalue weighted by molar-refractivity contribution is 5.58. The zero-order chi connectivity index (χ0) is 17.2. The molecule has 0 atom stereocenters. The molecular formula is C19H17N5O. The molecule has 0 aliphatic rings. The molecule has 2 aromatic carbocycles. The number of aryl methyl sites for hydroxylation is 1. The summed E-state index contributed by atoms with van der Waals surface area (Å²) < 4.78 is 7.25. The van der Waals surface area contributed by atoms with Gasteiger partial charge in [-0.05, 0) is 31.5 Å². The number of hydrogen-bond acceptors (Lipinski definition) is 5. The molecule has 124 valence electrons. The maximum Gasteiger partial charge on any atom is 0.258 e. The molecule has 0 bridgehead atoms. The Morgan fingerprint density at radius 3 is 2.64 bits per heavy atom. The zero-order valence-electron chi connectivity index (χ0n) is 14.0. The molecule has 4 aromatic rings. The van der Waals surface area contributed by atoms with Crippen molar-refractivity contribution in [1.29, 1.82) is 0 Å². The number of aromatic nitrogens is 5. The predicted molar refractivity (Wildman–Crippen MR) is 93.8 cm³/mol. The summed E-state index contributed by atoms with van der Waals surface area (Å²) in [5, 5.41) is 12.5. The van der Waals surface area contributed by atoms with Crippen LogP contribution in [-0.4, -0.2) is 25.1 Å². The Bertz CT molecular complexity index is 1000. The topological polar surface area (TPSA) is 69.6 Å². The molecule has 6 nitrogen and oxygen atoms in total. The zero-order valence-corrected chi connectivity index (χ0v) is 14.0. The Morgan fingerprint density at radius 2 is 1.84 bits per heavy atom. The third kappa shape index (κ3) is 3.06. The molecular weight excluding hydrogens is 314 g/mol. The van der Waals surface area contributed by atoms with Gasteiger partial charge in [0.15, 0.2) is 5.69 Å². The maximum absolute atomic E-state index is 5.40. The van der Waals surface area contributed by atoms with Crippen molar-refractivity contribution in [2.45, 2.75) is 20.4 Å². The number of benzene rings is 2. The van der Waals surface area contributed by atoms with E-state index >= 15 is 0 Å². The SMILES string of the molecule is Cc1cccc(-c2nc(-c3nnn(Cc4ccccc4)c3C)no2)c1. The van der Waals surface area contributed by atoms with Crippen LogP contribution in [-0.2, 0) is 6.54 Å². The highest BCUT2D eigenvalue weighted by Gasteiger charge is 2.17. The summed E-state index contributed by atoms with van der Waals surface area (Å²) in [5.74, 6) is 0.934. The molecule has 6 heteroatoms. The minimum absolute atomic E-state index is 0.452. The van der Waals surface area contributed by atoms with E-state index in [1.807, 2.05) is 61.0 Å². The van der Waals surface area contributed by atoms with E-state index in [0.29, 0.717) is 24.0 Å². The van der Waals surface area contributed by atoms with Gasteiger partial charge < -0.3 is 4.52 Å². The molecule has 0 unspecified atom stereocenters. The van der Waals surface area contributed by atoms with Crippen LogP contribution in [0.5, 0.6) is 0 Å². The smallest absolute Gasteiger partial charge is 0.258 e. The highest BCUT2D eigenvalue weighted by atomic mass is 16.5. The van der Waals surface area contributed by atoms with Crippen molar-refractivity contribution in [2.24, 2.45) is 0 Å². The van der Waals surface area contributed by atoms with Gasteiger partial charge in [-0.2, -0.15) is 4.98 Å². The van der Waals surface area contributed by atoms with Crippen LogP contribution < -0.4 is 0 Å². The van der Waals surface area contributed by atoms with Gasteiger partial charge in [0.2, 0.25) is 5.82 Å². The van der Waals surface area contributed by atoms with Crippen molar-refractivity contribution in [3.63, 3.8) is 0 Å². The van der Waals surface area contributed by atoms with E-state index in [4.69, 9.17) is 4.52 Å². The van der Waals surface area contributed by atoms with Gasteiger partial charge in [0.25, 0.3) is 5.89 Å². The molecule has 2 aromatic heterocycles. The van der Waals surface area contributed by atoms with Gasteiger partial charge in [-0.15, -0.1) is 5.10 Å². The van der Waals surface area contributed by atoms with Gasteiger partial charge in [0, 0.05) is 5.56 Å². The average molecular weight is 331 g/mol. The second-order valence-corrected chi connectivity index (χ2v) is 5.96. The Morgan fingerprint density at radius 1 is 1.00 bits per heavy atom. The minimum Gasteiger partial charge on any atom is -0.334 e. The first-order valence-corrected chi connectivity index (χ1v) is 8.06. The van der Waals surface area contributed by atoms with Crippen LogP contribution in [0.25, 0.3) is 23.0 Å². The van der Waals surface area contributed by atoms with Crippen LogP contribution in [0, 0.1) is 13.8 Å². The fourth-order valence-corrected chi connectivity index (χ4v) is 2.69. The molecule has 0 radical (unpaired) electrons. The van der Waals surface area contributed by atoms with Gasteiger partial charge in [-0.3, -0.25) is 0 Å². The molecule has 0 aliphatic carbocycles. The molecule has 2 heterocycles. The van der Waals surface area contributed by atoms with Crippen LogP contribution in [0.1, 0.15) is 16.8 Å². The van der Waals surface area contributed by atoms with Gasteiger partial charge in [0.05, 0.1) is 12.2 Å². The molecule has 25 heavy (non-hydrogen) atoms. The molecule has 0 aliphatic heterocycles. The second kappa shape index (κ2) is 6.32. The minimum atomic E-state index is 0.452. The summed E-state index contributed by atoms with van der Waals surface area (Å²) in [4.78, 5) is 4.48. The van der Waals surface area contributed by atoms with Crippen molar-refractivity contribution < 1.29 is 4.52 Å². The van der Waals surface area contributed by atoms with E-state index < -0.39 is 0 Å². The van der Waals surface area contributed by atoms with Crippen LogP contribution in [0.2, 0.25) is 0 Å². The van der Waals surface area contributed by atoms with Gasteiger partial charge in [-0.1, -0.05) is 58.4 Å². The third-order valence-electron chi connectivity index (χ3n) is 4.06. The first kappa shape index (κ1) is 15.3. The molecule has 0 saturated carbocycles. The number of hydrogen-bond donors (Lipinski definition) is 0. The van der Waals surface area contributed by atoms with E-state index in [-0.39, 0.29) is 0 Å². The molecule has 0 fully saturated rings. The maximum atomic E-state index is 5.40.